The molecule has 122 valence electrons. The van der Waals surface area contributed by atoms with Crippen molar-refractivity contribution in [3.8, 4) is 5.75 Å². The minimum atomic E-state index is -0.324. The maximum atomic E-state index is 11.9. The third kappa shape index (κ3) is 3.43. The fourth-order valence-corrected chi connectivity index (χ4v) is 2.46. The van der Waals surface area contributed by atoms with Gasteiger partial charge in [-0.15, -0.1) is 0 Å². The fourth-order valence-electron chi connectivity index (χ4n) is 2.46. The van der Waals surface area contributed by atoms with E-state index in [2.05, 4.69) is 20.5 Å². The first-order valence-corrected chi connectivity index (χ1v) is 7.58. The lowest BCUT2D eigenvalue weighted by molar-refractivity contribution is -0.123. The van der Waals surface area contributed by atoms with E-state index in [9.17, 15) is 4.79 Å². The molecule has 1 amide bonds. The Balaban J connectivity index is 1.59. The van der Waals surface area contributed by atoms with Crippen LogP contribution in [0.5, 0.6) is 5.75 Å². The van der Waals surface area contributed by atoms with E-state index in [1.807, 2.05) is 50.4 Å². The lowest BCUT2D eigenvalue weighted by Gasteiger charge is -2.09. The number of aromatic amines is 1. The quantitative estimate of drug-likeness (QED) is 0.560. The summed E-state index contributed by atoms with van der Waals surface area (Å²) in [6, 6.07) is 9.66. The number of fused-ring (bicyclic) bond motifs is 1. The number of aryl methyl sites for hydroxylation is 2. The predicted molar refractivity (Wildman–Crippen MR) is 93.2 cm³/mol. The highest BCUT2D eigenvalue weighted by atomic mass is 16.5. The number of rotatable bonds is 5. The Morgan fingerprint density at radius 2 is 2.21 bits per heavy atom. The summed E-state index contributed by atoms with van der Waals surface area (Å²) in [6.07, 6.45) is 5.20. The second kappa shape index (κ2) is 6.95. The van der Waals surface area contributed by atoms with Crippen LogP contribution in [0.4, 0.5) is 0 Å². The molecule has 0 atom stereocenters. The smallest absolute Gasteiger partial charge is 0.277 e. The lowest BCUT2D eigenvalue weighted by atomic mass is 10.1. The standard InChI is InChI=1S/C18H18N4O2/c1-12-6-8-19-13(2)18(12)24-11-17(23)22-21-10-14-4-3-5-16-15(14)7-9-20-16/h3-10,20H,11H2,1-2H3,(H,22,23). The van der Waals surface area contributed by atoms with Gasteiger partial charge in [0, 0.05) is 28.9 Å². The zero-order chi connectivity index (χ0) is 16.9. The molecule has 3 rings (SSSR count). The zero-order valence-electron chi connectivity index (χ0n) is 13.5. The van der Waals surface area contributed by atoms with Crippen molar-refractivity contribution in [2.45, 2.75) is 13.8 Å². The summed E-state index contributed by atoms with van der Waals surface area (Å²) in [5.74, 6) is 0.309. The number of aromatic nitrogens is 2. The predicted octanol–water partition coefficient (Wildman–Crippen LogP) is 2.71. The van der Waals surface area contributed by atoms with E-state index in [4.69, 9.17) is 4.74 Å². The highest BCUT2D eigenvalue weighted by Gasteiger charge is 2.07. The fraction of sp³-hybridized carbons (Fsp3) is 0.167. The van der Waals surface area contributed by atoms with Gasteiger partial charge in [-0.2, -0.15) is 5.10 Å². The Morgan fingerprint density at radius 3 is 3.04 bits per heavy atom. The number of ether oxygens (including phenoxy) is 1. The summed E-state index contributed by atoms with van der Waals surface area (Å²) in [5, 5.41) is 5.04. The Bertz CT molecular complexity index is 879. The number of hydrazone groups is 1. The third-order valence-electron chi connectivity index (χ3n) is 3.65. The van der Waals surface area contributed by atoms with Gasteiger partial charge in [0.15, 0.2) is 6.61 Å². The zero-order valence-corrected chi connectivity index (χ0v) is 13.5. The first kappa shape index (κ1) is 15.7. The monoisotopic (exact) mass is 322 g/mol. The summed E-state index contributed by atoms with van der Waals surface area (Å²) in [6.45, 7) is 3.65. The molecule has 0 aliphatic heterocycles. The molecule has 3 aromatic rings. The number of pyridine rings is 1. The molecular formula is C18H18N4O2. The third-order valence-corrected chi connectivity index (χ3v) is 3.65. The van der Waals surface area contributed by atoms with E-state index in [0.29, 0.717) is 5.75 Å². The molecule has 0 saturated carbocycles. The molecule has 0 radical (unpaired) electrons. The normalized spacial score (nSPS) is 11.1. The highest BCUT2D eigenvalue weighted by Crippen LogP contribution is 2.19. The van der Waals surface area contributed by atoms with Gasteiger partial charge in [0.1, 0.15) is 5.75 Å². The first-order chi connectivity index (χ1) is 11.6. The lowest BCUT2D eigenvalue weighted by Crippen LogP contribution is -2.25. The van der Waals surface area contributed by atoms with E-state index >= 15 is 0 Å². The van der Waals surface area contributed by atoms with Crippen LogP contribution in [0.1, 0.15) is 16.8 Å². The van der Waals surface area contributed by atoms with Crippen molar-refractivity contribution in [1.82, 2.24) is 15.4 Å². The molecule has 2 aromatic heterocycles. The summed E-state index contributed by atoms with van der Waals surface area (Å²) < 4.78 is 5.54. The number of hydrogen-bond donors (Lipinski definition) is 2. The van der Waals surface area contributed by atoms with Crippen molar-refractivity contribution in [1.29, 1.82) is 0 Å². The molecule has 0 spiro atoms. The minimum absolute atomic E-state index is 0.112. The number of carbonyl (C=O) groups is 1. The molecule has 1 aromatic carbocycles. The Kier molecular flexibility index (Phi) is 4.56. The van der Waals surface area contributed by atoms with E-state index in [0.717, 1.165) is 27.7 Å². The summed E-state index contributed by atoms with van der Waals surface area (Å²) in [4.78, 5) is 19.2. The van der Waals surface area contributed by atoms with Crippen molar-refractivity contribution in [2.75, 3.05) is 6.61 Å². The average molecular weight is 322 g/mol. The van der Waals surface area contributed by atoms with Crippen molar-refractivity contribution in [3.05, 3.63) is 59.5 Å². The minimum Gasteiger partial charge on any atom is -0.482 e. The van der Waals surface area contributed by atoms with E-state index in [-0.39, 0.29) is 12.5 Å². The van der Waals surface area contributed by atoms with Crippen LogP contribution in [-0.2, 0) is 4.79 Å². The molecule has 0 saturated heterocycles. The molecule has 24 heavy (non-hydrogen) atoms. The Labute approximate surface area is 139 Å². The number of nitrogens with one attached hydrogen (secondary N) is 2. The molecule has 0 aliphatic carbocycles. The maximum Gasteiger partial charge on any atom is 0.277 e. The highest BCUT2D eigenvalue weighted by molar-refractivity contribution is 5.98. The van der Waals surface area contributed by atoms with Gasteiger partial charge in [-0.3, -0.25) is 9.78 Å². The summed E-state index contributed by atoms with van der Waals surface area (Å²) in [5.41, 5.74) is 6.12. The van der Waals surface area contributed by atoms with Crippen LogP contribution in [-0.4, -0.2) is 28.7 Å². The Morgan fingerprint density at radius 1 is 1.33 bits per heavy atom. The van der Waals surface area contributed by atoms with Crippen LogP contribution >= 0.6 is 0 Å². The van der Waals surface area contributed by atoms with Gasteiger partial charge in [0.2, 0.25) is 0 Å². The van der Waals surface area contributed by atoms with Crippen molar-refractivity contribution in [3.63, 3.8) is 0 Å². The van der Waals surface area contributed by atoms with Crippen LogP contribution in [0, 0.1) is 13.8 Å². The molecule has 0 fully saturated rings. The van der Waals surface area contributed by atoms with Gasteiger partial charge in [-0.1, -0.05) is 12.1 Å². The molecule has 0 aliphatic rings. The molecule has 2 N–H and O–H groups in total. The van der Waals surface area contributed by atoms with Crippen LogP contribution in [0.15, 0.2) is 47.8 Å². The van der Waals surface area contributed by atoms with Crippen molar-refractivity contribution in [2.24, 2.45) is 5.10 Å². The van der Waals surface area contributed by atoms with E-state index < -0.39 is 0 Å². The molecule has 6 heteroatoms. The second-order valence-corrected chi connectivity index (χ2v) is 5.41. The topological polar surface area (TPSA) is 79.4 Å². The molecule has 2 heterocycles. The van der Waals surface area contributed by atoms with Crippen LogP contribution in [0.2, 0.25) is 0 Å². The van der Waals surface area contributed by atoms with E-state index in [1.54, 1.807) is 12.4 Å². The largest absolute Gasteiger partial charge is 0.482 e. The number of hydrogen-bond acceptors (Lipinski definition) is 4. The van der Waals surface area contributed by atoms with Gasteiger partial charge in [-0.25, -0.2) is 5.43 Å². The van der Waals surface area contributed by atoms with E-state index in [1.165, 1.54) is 0 Å². The average Bonchev–Trinajstić information content (AvgIpc) is 3.04. The number of benzene rings is 1. The van der Waals surface area contributed by atoms with Gasteiger partial charge < -0.3 is 9.72 Å². The molecular weight excluding hydrogens is 304 g/mol. The molecule has 0 bridgehead atoms. The van der Waals surface area contributed by atoms with Crippen molar-refractivity contribution >= 4 is 23.0 Å². The number of H-pyrrole nitrogens is 1. The maximum absolute atomic E-state index is 11.9. The van der Waals surface area contributed by atoms with Crippen LogP contribution < -0.4 is 10.2 Å². The molecule has 0 unspecified atom stereocenters. The summed E-state index contributed by atoms with van der Waals surface area (Å²) >= 11 is 0. The number of amides is 1. The first-order valence-electron chi connectivity index (χ1n) is 7.58. The Hall–Kier alpha value is -3.15. The van der Waals surface area contributed by atoms with Gasteiger partial charge in [0.25, 0.3) is 5.91 Å². The SMILES string of the molecule is Cc1ccnc(C)c1OCC(=O)NN=Cc1cccc2[nH]ccc12. The number of carbonyl (C=O) groups excluding carboxylic acids is 1. The second-order valence-electron chi connectivity index (χ2n) is 5.41. The van der Waals surface area contributed by atoms with Crippen molar-refractivity contribution < 1.29 is 9.53 Å². The van der Waals surface area contributed by atoms with Gasteiger partial charge in [-0.05, 0) is 37.6 Å². The van der Waals surface area contributed by atoms with Gasteiger partial charge in [0.05, 0.1) is 11.9 Å². The molecule has 6 nitrogen and oxygen atoms in total. The summed E-state index contributed by atoms with van der Waals surface area (Å²) in [7, 11) is 0. The van der Waals surface area contributed by atoms with Gasteiger partial charge >= 0.3 is 0 Å². The van der Waals surface area contributed by atoms with Crippen LogP contribution in [0.3, 0.4) is 0 Å². The van der Waals surface area contributed by atoms with Crippen LogP contribution in [0.25, 0.3) is 10.9 Å². The number of nitrogens with zero attached hydrogens (tertiary/aromatic N) is 2.